The molecule has 100 valence electrons. The van der Waals surface area contributed by atoms with Crippen molar-refractivity contribution >= 4 is 23.6 Å². The Labute approximate surface area is 111 Å². The maximum atomic E-state index is 14.1. The van der Waals surface area contributed by atoms with Gasteiger partial charge in [0.15, 0.2) is 0 Å². The molecule has 0 atom stereocenters. The van der Waals surface area contributed by atoms with Crippen LogP contribution in [-0.2, 0) is 9.31 Å². The Kier molecular flexibility index (Phi) is 2.53. The largest absolute Gasteiger partial charge is 0.498 e. The van der Waals surface area contributed by atoms with Crippen LogP contribution >= 0.6 is 0 Å². The van der Waals surface area contributed by atoms with Crippen molar-refractivity contribution in [1.82, 2.24) is 9.97 Å². The summed E-state index contributed by atoms with van der Waals surface area (Å²) in [7, 11) is -0.716. The van der Waals surface area contributed by atoms with Crippen LogP contribution in [0, 0.1) is 5.82 Å². The van der Waals surface area contributed by atoms with E-state index in [1.165, 1.54) is 6.20 Å². The summed E-state index contributed by atoms with van der Waals surface area (Å²) in [6, 6.07) is 1.78. The van der Waals surface area contributed by atoms with Crippen molar-refractivity contribution < 1.29 is 13.7 Å². The van der Waals surface area contributed by atoms with E-state index in [4.69, 9.17) is 9.31 Å². The van der Waals surface area contributed by atoms with Gasteiger partial charge in [0.25, 0.3) is 0 Å². The second-order valence-electron chi connectivity index (χ2n) is 5.85. The molecule has 1 aliphatic heterocycles. The summed E-state index contributed by atoms with van der Waals surface area (Å²) in [6.07, 6.45) is 2.92. The SMILES string of the molecule is CC1(C)OB(c2c(F)cnc3[nH]ccc23)OC1(C)C. The lowest BCUT2D eigenvalue weighted by Gasteiger charge is -2.32. The average molecular weight is 262 g/mol. The lowest BCUT2D eigenvalue weighted by atomic mass is 9.77. The number of halogens is 1. The van der Waals surface area contributed by atoms with E-state index >= 15 is 0 Å². The van der Waals surface area contributed by atoms with Gasteiger partial charge >= 0.3 is 7.12 Å². The topological polar surface area (TPSA) is 47.1 Å². The highest BCUT2D eigenvalue weighted by atomic mass is 19.1. The Balaban J connectivity index is 2.12. The third kappa shape index (κ3) is 1.78. The molecule has 2 aromatic heterocycles. The number of H-pyrrole nitrogens is 1. The monoisotopic (exact) mass is 262 g/mol. The van der Waals surface area contributed by atoms with Gasteiger partial charge in [0, 0.05) is 17.0 Å². The lowest BCUT2D eigenvalue weighted by molar-refractivity contribution is 0.00578. The van der Waals surface area contributed by atoms with E-state index in [0.29, 0.717) is 16.5 Å². The molecule has 0 unspecified atom stereocenters. The molecule has 3 rings (SSSR count). The zero-order chi connectivity index (χ0) is 13.8. The molecule has 0 amide bonds. The lowest BCUT2D eigenvalue weighted by Crippen LogP contribution is -2.41. The molecule has 0 saturated carbocycles. The number of hydrogen-bond acceptors (Lipinski definition) is 3. The fourth-order valence-electron chi connectivity index (χ4n) is 2.20. The minimum Gasteiger partial charge on any atom is -0.399 e. The van der Waals surface area contributed by atoms with Gasteiger partial charge in [-0.2, -0.15) is 0 Å². The summed E-state index contributed by atoms with van der Waals surface area (Å²) in [6.45, 7) is 7.78. The first-order valence-electron chi connectivity index (χ1n) is 6.29. The van der Waals surface area contributed by atoms with Gasteiger partial charge in [0.2, 0.25) is 0 Å². The van der Waals surface area contributed by atoms with Gasteiger partial charge in [-0.1, -0.05) is 0 Å². The fourth-order valence-corrected chi connectivity index (χ4v) is 2.20. The number of nitrogens with zero attached hydrogens (tertiary/aromatic N) is 1. The third-order valence-electron chi connectivity index (χ3n) is 4.07. The normalized spacial score (nSPS) is 21.2. The molecule has 0 aliphatic carbocycles. The van der Waals surface area contributed by atoms with Gasteiger partial charge in [-0.3, -0.25) is 0 Å². The summed E-state index contributed by atoms with van der Waals surface area (Å²) >= 11 is 0. The van der Waals surface area contributed by atoms with Crippen LogP contribution in [0.5, 0.6) is 0 Å². The predicted molar refractivity (Wildman–Crippen MR) is 71.8 cm³/mol. The number of hydrogen-bond donors (Lipinski definition) is 1. The highest BCUT2D eigenvalue weighted by molar-refractivity contribution is 6.65. The molecule has 1 aliphatic rings. The first-order valence-corrected chi connectivity index (χ1v) is 6.29. The quantitative estimate of drug-likeness (QED) is 0.799. The van der Waals surface area contributed by atoms with Gasteiger partial charge in [-0.25, -0.2) is 9.37 Å². The number of aromatic amines is 1. The average Bonchev–Trinajstić information content (AvgIpc) is 2.81. The molecule has 2 aromatic rings. The van der Waals surface area contributed by atoms with E-state index in [1.54, 1.807) is 12.3 Å². The molecule has 0 bridgehead atoms. The predicted octanol–water partition coefficient (Wildman–Crippen LogP) is 2.00. The van der Waals surface area contributed by atoms with Crippen LogP contribution < -0.4 is 5.46 Å². The van der Waals surface area contributed by atoms with Crippen LogP contribution in [0.1, 0.15) is 27.7 Å². The molecule has 1 fully saturated rings. The minimum absolute atomic E-state index is 0.407. The first-order chi connectivity index (χ1) is 8.82. The van der Waals surface area contributed by atoms with Crippen molar-refractivity contribution in [1.29, 1.82) is 0 Å². The molecule has 0 radical (unpaired) electrons. The second kappa shape index (κ2) is 3.80. The Bertz CT molecular complexity index is 623. The molecule has 1 saturated heterocycles. The van der Waals surface area contributed by atoms with Crippen molar-refractivity contribution in [3.63, 3.8) is 0 Å². The maximum absolute atomic E-state index is 14.1. The van der Waals surface area contributed by atoms with Gasteiger partial charge in [0.05, 0.1) is 17.4 Å². The Morgan fingerprint density at radius 2 is 1.84 bits per heavy atom. The Morgan fingerprint density at radius 1 is 1.21 bits per heavy atom. The summed E-state index contributed by atoms with van der Waals surface area (Å²) < 4.78 is 25.9. The van der Waals surface area contributed by atoms with Crippen LogP contribution in [0.2, 0.25) is 0 Å². The van der Waals surface area contributed by atoms with Gasteiger partial charge < -0.3 is 14.3 Å². The second-order valence-corrected chi connectivity index (χ2v) is 5.85. The first kappa shape index (κ1) is 12.6. The molecular weight excluding hydrogens is 246 g/mol. The molecule has 0 spiro atoms. The van der Waals surface area contributed by atoms with Crippen molar-refractivity contribution in [2.45, 2.75) is 38.9 Å². The molecular formula is C13H16BFN2O2. The van der Waals surface area contributed by atoms with Crippen molar-refractivity contribution in [3.8, 4) is 0 Å². The third-order valence-corrected chi connectivity index (χ3v) is 4.07. The van der Waals surface area contributed by atoms with E-state index < -0.39 is 24.1 Å². The zero-order valence-corrected chi connectivity index (χ0v) is 11.5. The van der Waals surface area contributed by atoms with E-state index in [2.05, 4.69) is 9.97 Å². The van der Waals surface area contributed by atoms with Crippen LogP contribution in [-0.4, -0.2) is 28.3 Å². The molecule has 6 heteroatoms. The Morgan fingerprint density at radius 3 is 2.47 bits per heavy atom. The van der Waals surface area contributed by atoms with Crippen LogP contribution in [0.4, 0.5) is 4.39 Å². The summed E-state index contributed by atoms with van der Waals surface area (Å²) in [5.41, 5.74) is 0.0578. The van der Waals surface area contributed by atoms with Gasteiger partial charge in [-0.05, 0) is 33.8 Å². The molecule has 19 heavy (non-hydrogen) atoms. The molecule has 4 nitrogen and oxygen atoms in total. The van der Waals surface area contributed by atoms with Crippen molar-refractivity contribution in [2.24, 2.45) is 0 Å². The van der Waals surface area contributed by atoms with E-state index in [1.807, 2.05) is 27.7 Å². The summed E-state index contributed by atoms with van der Waals surface area (Å²) in [5.74, 6) is -0.411. The number of rotatable bonds is 1. The fraction of sp³-hybridized carbons (Fsp3) is 0.462. The van der Waals surface area contributed by atoms with Crippen LogP contribution in [0.3, 0.4) is 0 Å². The minimum atomic E-state index is -0.716. The van der Waals surface area contributed by atoms with Gasteiger partial charge in [-0.15, -0.1) is 0 Å². The van der Waals surface area contributed by atoms with Crippen molar-refractivity contribution in [3.05, 3.63) is 24.3 Å². The Hall–Kier alpha value is -1.40. The van der Waals surface area contributed by atoms with E-state index in [0.717, 1.165) is 0 Å². The summed E-state index contributed by atoms with van der Waals surface area (Å²) in [4.78, 5) is 6.97. The molecule has 0 aromatic carbocycles. The van der Waals surface area contributed by atoms with Crippen molar-refractivity contribution in [2.75, 3.05) is 0 Å². The van der Waals surface area contributed by atoms with Crippen LogP contribution in [0.25, 0.3) is 11.0 Å². The van der Waals surface area contributed by atoms with Crippen LogP contribution in [0.15, 0.2) is 18.5 Å². The smallest absolute Gasteiger partial charge is 0.399 e. The zero-order valence-electron chi connectivity index (χ0n) is 11.5. The number of aromatic nitrogens is 2. The highest BCUT2D eigenvalue weighted by Gasteiger charge is 2.52. The maximum Gasteiger partial charge on any atom is 0.498 e. The highest BCUT2D eigenvalue weighted by Crippen LogP contribution is 2.37. The van der Waals surface area contributed by atoms with E-state index in [-0.39, 0.29) is 0 Å². The number of fused-ring (bicyclic) bond motifs is 1. The van der Waals surface area contributed by atoms with Gasteiger partial charge in [0.1, 0.15) is 11.5 Å². The number of nitrogens with one attached hydrogen (secondary N) is 1. The number of pyridine rings is 1. The summed E-state index contributed by atoms with van der Waals surface area (Å²) in [5, 5.41) is 0.693. The standard InChI is InChI=1S/C13H16BFN2O2/c1-12(2)13(3,4)19-14(18-12)10-8-5-6-16-11(8)17-7-9(10)15/h5-7H,1-4H3,(H,16,17). The molecule has 1 N–H and O–H groups in total. The molecule has 3 heterocycles. The van der Waals surface area contributed by atoms with E-state index in [9.17, 15) is 4.39 Å².